The van der Waals surface area contributed by atoms with Gasteiger partial charge in [0.2, 0.25) is 15.9 Å². The number of hydrogen-bond donors (Lipinski definition) is 2. The summed E-state index contributed by atoms with van der Waals surface area (Å²) in [6, 6.07) is 7.62. The van der Waals surface area contributed by atoms with Gasteiger partial charge < -0.3 is 15.0 Å². The summed E-state index contributed by atoms with van der Waals surface area (Å²) in [5.74, 6) is -1.35. The van der Waals surface area contributed by atoms with Crippen LogP contribution in [0.1, 0.15) is 54.0 Å². The van der Waals surface area contributed by atoms with Gasteiger partial charge in [0.25, 0.3) is 0 Å². The summed E-state index contributed by atoms with van der Waals surface area (Å²) in [4.78, 5) is 28.2. The molecule has 1 aromatic carbocycles. The number of nitrogens with zero attached hydrogens (tertiary/aromatic N) is 1. The Morgan fingerprint density at radius 1 is 1.16 bits per heavy atom. The Morgan fingerprint density at radius 2 is 1.84 bits per heavy atom. The third-order valence-corrected chi connectivity index (χ3v) is 7.82. The molecule has 1 aromatic heterocycles. The second-order valence-corrected chi connectivity index (χ2v) is 9.92. The quantitative estimate of drug-likeness (QED) is 0.614. The van der Waals surface area contributed by atoms with Crippen molar-refractivity contribution >= 4 is 27.6 Å². The molecule has 0 spiro atoms. The first-order valence-corrected chi connectivity index (χ1v) is 12.4. The van der Waals surface area contributed by atoms with E-state index in [1.165, 1.54) is 9.87 Å². The molecule has 0 radical (unpaired) electrons. The Bertz CT molecular complexity index is 1090. The van der Waals surface area contributed by atoms with Gasteiger partial charge in [-0.05, 0) is 57.7 Å². The molecule has 2 heterocycles. The highest BCUT2D eigenvalue weighted by molar-refractivity contribution is 7.89. The second-order valence-electron chi connectivity index (χ2n) is 8.04. The number of rotatable bonds is 7. The Kier molecular flexibility index (Phi) is 7.40. The first-order chi connectivity index (χ1) is 15.2. The molecule has 1 aliphatic rings. The van der Waals surface area contributed by atoms with E-state index in [4.69, 9.17) is 4.74 Å². The topological polar surface area (TPSA) is 109 Å². The number of H-pyrrole nitrogens is 1. The van der Waals surface area contributed by atoms with Gasteiger partial charge in [0.1, 0.15) is 10.5 Å². The van der Waals surface area contributed by atoms with E-state index in [-0.39, 0.29) is 29.5 Å². The van der Waals surface area contributed by atoms with Gasteiger partial charge in [-0.1, -0.05) is 19.1 Å². The number of esters is 1. The van der Waals surface area contributed by atoms with Gasteiger partial charge >= 0.3 is 5.97 Å². The molecule has 2 aromatic rings. The van der Waals surface area contributed by atoms with Crippen LogP contribution >= 0.6 is 0 Å². The van der Waals surface area contributed by atoms with Gasteiger partial charge in [-0.15, -0.1) is 0 Å². The fourth-order valence-electron chi connectivity index (χ4n) is 4.10. The second kappa shape index (κ2) is 9.87. The summed E-state index contributed by atoms with van der Waals surface area (Å²) in [5, 5.41) is 2.90. The van der Waals surface area contributed by atoms with Crippen molar-refractivity contribution in [1.82, 2.24) is 9.29 Å². The lowest BCUT2D eigenvalue weighted by atomic mass is 9.98. The number of anilines is 1. The van der Waals surface area contributed by atoms with Crippen LogP contribution < -0.4 is 5.32 Å². The molecule has 1 fully saturated rings. The van der Waals surface area contributed by atoms with Crippen molar-refractivity contribution in [2.75, 3.05) is 25.0 Å². The number of ether oxygens (including phenoxy) is 1. The predicted octanol–water partition coefficient (Wildman–Crippen LogP) is 3.41. The van der Waals surface area contributed by atoms with Crippen molar-refractivity contribution in [3.8, 4) is 0 Å². The van der Waals surface area contributed by atoms with Crippen LogP contribution in [0.3, 0.4) is 0 Å². The van der Waals surface area contributed by atoms with Gasteiger partial charge in [0, 0.05) is 30.2 Å². The zero-order valence-electron chi connectivity index (χ0n) is 19.0. The standard InChI is InChI=1S/C23H31N3O5S/c1-5-17-9-11-19(12-10-17)25-22(27)18-8-7-13-26(14-18)32(29,30)21-16(4)24-15(3)20(21)23(28)31-6-2/h9-12,18,24H,5-8,13-14H2,1-4H3,(H,25,27)/t18-/m0/s1. The van der Waals surface area contributed by atoms with E-state index in [0.29, 0.717) is 36.5 Å². The number of amides is 1. The molecule has 1 amide bonds. The number of sulfonamides is 1. The maximum Gasteiger partial charge on any atom is 0.341 e. The molecule has 0 aliphatic carbocycles. The number of aromatic amines is 1. The van der Waals surface area contributed by atoms with Crippen LogP contribution in [0.15, 0.2) is 29.2 Å². The summed E-state index contributed by atoms with van der Waals surface area (Å²) >= 11 is 0. The molecule has 0 bridgehead atoms. The third kappa shape index (κ3) is 4.88. The molecule has 3 rings (SSSR count). The highest BCUT2D eigenvalue weighted by Gasteiger charge is 2.38. The van der Waals surface area contributed by atoms with Crippen LogP contribution in [0.25, 0.3) is 0 Å². The molecule has 1 aliphatic heterocycles. The molecule has 8 nitrogen and oxygen atoms in total. The van der Waals surface area contributed by atoms with Gasteiger partial charge in [0.15, 0.2) is 0 Å². The highest BCUT2D eigenvalue weighted by Crippen LogP contribution is 2.31. The molecule has 9 heteroatoms. The summed E-state index contributed by atoms with van der Waals surface area (Å²) in [7, 11) is -3.99. The number of carbonyl (C=O) groups is 2. The largest absolute Gasteiger partial charge is 0.462 e. The molecule has 174 valence electrons. The molecule has 32 heavy (non-hydrogen) atoms. The fourth-order valence-corrected chi connectivity index (χ4v) is 6.04. The summed E-state index contributed by atoms with van der Waals surface area (Å²) in [6.45, 7) is 7.51. The van der Waals surface area contributed by atoms with Crippen LogP contribution in [-0.2, 0) is 26.0 Å². The maximum atomic E-state index is 13.5. The van der Waals surface area contributed by atoms with Crippen molar-refractivity contribution in [2.45, 2.75) is 51.9 Å². The van der Waals surface area contributed by atoms with Gasteiger partial charge in [-0.25, -0.2) is 13.2 Å². The number of nitrogens with one attached hydrogen (secondary N) is 2. The normalized spacial score (nSPS) is 17.2. The SMILES string of the molecule is CCOC(=O)c1c(C)[nH]c(C)c1S(=O)(=O)N1CCC[C@H](C(=O)Nc2ccc(CC)cc2)C1. The van der Waals surface area contributed by atoms with Crippen LogP contribution in [-0.4, -0.2) is 49.3 Å². The number of benzene rings is 1. The molecular formula is C23H31N3O5S. The lowest BCUT2D eigenvalue weighted by Crippen LogP contribution is -2.44. The van der Waals surface area contributed by atoms with Crippen molar-refractivity contribution in [2.24, 2.45) is 5.92 Å². The first-order valence-electron chi connectivity index (χ1n) is 10.9. The first kappa shape index (κ1) is 24.0. The number of carbonyl (C=O) groups excluding carboxylic acids is 2. The van der Waals surface area contributed by atoms with E-state index in [2.05, 4.69) is 17.2 Å². The zero-order valence-corrected chi connectivity index (χ0v) is 19.8. The van der Waals surface area contributed by atoms with E-state index >= 15 is 0 Å². The van der Waals surface area contributed by atoms with Crippen molar-refractivity contribution in [1.29, 1.82) is 0 Å². The van der Waals surface area contributed by atoms with E-state index in [1.54, 1.807) is 20.8 Å². The van der Waals surface area contributed by atoms with E-state index in [1.807, 2.05) is 24.3 Å². The third-order valence-electron chi connectivity index (χ3n) is 5.78. The van der Waals surface area contributed by atoms with Gasteiger partial charge in [0.05, 0.1) is 12.5 Å². The maximum absolute atomic E-state index is 13.5. The average molecular weight is 462 g/mol. The minimum Gasteiger partial charge on any atom is -0.462 e. The lowest BCUT2D eigenvalue weighted by Gasteiger charge is -2.31. The summed E-state index contributed by atoms with van der Waals surface area (Å²) in [5.41, 5.74) is 2.72. The van der Waals surface area contributed by atoms with Crippen LogP contribution in [0.4, 0.5) is 5.69 Å². The van der Waals surface area contributed by atoms with E-state index in [0.717, 1.165) is 6.42 Å². The molecular weight excluding hydrogens is 430 g/mol. The Hall–Kier alpha value is -2.65. The van der Waals surface area contributed by atoms with Crippen LogP contribution in [0.2, 0.25) is 0 Å². The predicted molar refractivity (Wildman–Crippen MR) is 122 cm³/mol. The monoisotopic (exact) mass is 461 g/mol. The fraction of sp³-hybridized carbons (Fsp3) is 0.478. The van der Waals surface area contributed by atoms with Crippen molar-refractivity contribution < 1.29 is 22.7 Å². The molecule has 2 N–H and O–H groups in total. The Morgan fingerprint density at radius 3 is 2.47 bits per heavy atom. The molecule has 0 unspecified atom stereocenters. The minimum atomic E-state index is -3.99. The highest BCUT2D eigenvalue weighted by atomic mass is 32.2. The number of hydrogen-bond acceptors (Lipinski definition) is 5. The van der Waals surface area contributed by atoms with Crippen molar-refractivity contribution in [3.05, 3.63) is 46.8 Å². The van der Waals surface area contributed by atoms with Crippen LogP contribution in [0.5, 0.6) is 0 Å². The summed E-state index contributed by atoms with van der Waals surface area (Å²) in [6.07, 6.45) is 2.07. The van der Waals surface area contributed by atoms with Crippen molar-refractivity contribution in [3.63, 3.8) is 0 Å². The van der Waals surface area contributed by atoms with Gasteiger partial charge in [-0.2, -0.15) is 4.31 Å². The van der Waals surface area contributed by atoms with E-state index < -0.39 is 21.9 Å². The molecule has 0 saturated carbocycles. The smallest absolute Gasteiger partial charge is 0.341 e. The lowest BCUT2D eigenvalue weighted by molar-refractivity contribution is -0.120. The zero-order chi connectivity index (χ0) is 23.5. The number of piperidine rings is 1. The van der Waals surface area contributed by atoms with E-state index in [9.17, 15) is 18.0 Å². The van der Waals surface area contributed by atoms with Crippen LogP contribution in [0, 0.1) is 19.8 Å². The Balaban J connectivity index is 1.81. The summed E-state index contributed by atoms with van der Waals surface area (Å²) < 4.78 is 33.4. The van der Waals surface area contributed by atoms with Gasteiger partial charge in [-0.3, -0.25) is 4.79 Å². The molecule has 1 atom stereocenters. The minimum absolute atomic E-state index is 0.0342. The average Bonchev–Trinajstić information content (AvgIpc) is 3.09. The Labute approximate surface area is 189 Å². The number of aromatic nitrogens is 1. The number of aryl methyl sites for hydroxylation is 3. The molecule has 1 saturated heterocycles.